The van der Waals surface area contributed by atoms with Crippen molar-refractivity contribution in [2.24, 2.45) is 11.3 Å². The van der Waals surface area contributed by atoms with E-state index in [0.717, 1.165) is 25.7 Å². The lowest BCUT2D eigenvalue weighted by Gasteiger charge is -2.25. The molecule has 0 saturated heterocycles. The maximum atomic E-state index is 12.0. The molecule has 0 aromatic heterocycles. The van der Waals surface area contributed by atoms with Crippen LogP contribution in [-0.2, 0) is 14.3 Å². The highest BCUT2D eigenvalue weighted by Crippen LogP contribution is 2.29. The summed E-state index contributed by atoms with van der Waals surface area (Å²) in [5.41, 5.74) is -0.0454. The molecule has 0 amide bonds. The van der Waals surface area contributed by atoms with Crippen LogP contribution < -0.4 is 0 Å². The zero-order valence-electron chi connectivity index (χ0n) is 12.9. The van der Waals surface area contributed by atoms with Crippen molar-refractivity contribution >= 4 is 11.9 Å². The molecule has 0 radical (unpaired) electrons. The number of hydrogen-bond donors (Lipinski definition) is 1. The molecule has 0 spiro atoms. The van der Waals surface area contributed by atoms with Gasteiger partial charge < -0.3 is 9.84 Å². The van der Waals surface area contributed by atoms with Gasteiger partial charge in [0.15, 0.2) is 0 Å². The quantitative estimate of drug-likeness (QED) is 0.632. The van der Waals surface area contributed by atoms with Crippen molar-refractivity contribution in [3.63, 3.8) is 0 Å². The number of ether oxygens (including phenoxy) is 1. The minimum absolute atomic E-state index is 0.00230. The summed E-state index contributed by atoms with van der Waals surface area (Å²) in [5, 5.41) is 9.26. The van der Waals surface area contributed by atoms with Crippen LogP contribution in [0, 0.1) is 11.3 Å². The summed E-state index contributed by atoms with van der Waals surface area (Å²) in [7, 11) is 0. The van der Waals surface area contributed by atoms with Crippen LogP contribution >= 0.6 is 0 Å². The minimum atomic E-state index is -0.915. The molecule has 1 unspecified atom stereocenters. The van der Waals surface area contributed by atoms with Crippen molar-refractivity contribution in [2.45, 2.75) is 65.9 Å². The molecule has 1 fully saturated rings. The van der Waals surface area contributed by atoms with Gasteiger partial charge in [-0.1, -0.05) is 33.3 Å². The van der Waals surface area contributed by atoms with E-state index in [0.29, 0.717) is 5.57 Å². The molecule has 20 heavy (non-hydrogen) atoms. The molecule has 0 aromatic rings. The zero-order valence-corrected chi connectivity index (χ0v) is 12.9. The normalized spacial score (nSPS) is 19.5. The molecule has 4 heteroatoms. The monoisotopic (exact) mass is 282 g/mol. The second kappa shape index (κ2) is 6.91. The first-order valence-electron chi connectivity index (χ1n) is 7.34. The first-order chi connectivity index (χ1) is 9.21. The van der Waals surface area contributed by atoms with Crippen LogP contribution in [0.15, 0.2) is 11.6 Å². The molecule has 1 N–H and O–H groups in total. The van der Waals surface area contributed by atoms with E-state index in [1.165, 1.54) is 12.5 Å². The van der Waals surface area contributed by atoms with Gasteiger partial charge in [-0.3, -0.25) is 4.79 Å². The molecular formula is C16H26O4. The molecule has 1 atom stereocenters. The van der Waals surface area contributed by atoms with Crippen molar-refractivity contribution in [1.82, 2.24) is 0 Å². The fraction of sp³-hybridized carbons (Fsp3) is 0.750. The lowest BCUT2D eigenvalue weighted by molar-refractivity contribution is -0.145. The highest BCUT2D eigenvalue weighted by Gasteiger charge is 2.30. The first kappa shape index (κ1) is 16.7. The lowest BCUT2D eigenvalue weighted by atomic mass is 9.80. The Balaban J connectivity index is 2.70. The van der Waals surface area contributed by atoms with Gasteiger partial charge in [0, 0.05) is 5.57 Å². The van der Waals surface area contributed by atoms with Crippen LogP contribution in [0.3, 0.4) is 0 Å². The second-order valence-electron chi connectivity index (χ2n) is 6.70. The standard InChI is InChI=1S/C16H26O4/c1-11(10-13(14(17)18)16(2,3)4)15(19)20-12-8-6-5-7-9-12/h10,12-13H,5-9H2,1-4H3,(H,17,18). The number of carbonyl (C=O) groups excluding carboxylic acids is 1. The molecule has 0 bridgehead atoms. The highest BCUT2D eigenvalue weighted by molar-refractivity contribution is 5.89. The molecular weight excluding hydrogens is 256 g/mol. The van der Waals surface area contributed by atoms with E-state index in [4.69, 9.17) is 4.74 Å². The van der Waals surface area contributed by atoms with E-state index in [-0.39, 0.29) is 12.1 Å². The van der Waals surface area contributed by atoms with Crippen LogP contribution in [-0.4, -0.2) is 23.1 Å². The Hall–Kier alpha value is -1.32. The van der Waals surface area contributed by atoms with E-state index < -0.39 is 17.3 Å². The van der Waals surface area contributed by atoms with Crippen molar-refractivity contribution in [2.75, 3.05) is 0 Å². The fourth-order valence-corrected chi connectivity index (χ4v) is 2.44. The molecule has 4 nitrogen and oxygen atoms in total. The van der Waals surface area contributed by atoms with E-state index in [2.05, 4.69) is 0 Å². The third kappa shape index (κ3) is 4.99. The summed E-state index contributed by atoms with van der Waals surface area (Å²) in [6, 6.07) is 0. The largest absolute Gasteiger partial charge is 0.481 e. The van der Waals surface area contributed by atoms with Crippen molar-refractivity contribution in [1.29, 1.82) is 0 Å². The molecule has 0 aliphatic heterocycles. The van der Waals surface area contributed by atoms with E-state index in [1.807, 2.05) is 20.8 Å². The molecule has 114 valence electrons. The fourth-order valence-electron chi connectivity index (χ4n) is 2.44. The number of hydrogen-bond acceptors (Lipinski definition) is 3. The predicted octanol–water partition coefficient (Wildman–Crippen LogP) is 3.56. The first-order valence-corrected chi connectivity index (χ1v) is 7.34. The third-order valence-electron chi connectivity index (χ3n) is 3.76. The van der Waals surface area contributed by atoms with E-state index in [9.17, 15) is 14.7 Å². The van der Waals surface area contributed by atoms with Gasteiger partial charge in [0.05, 0.1) is 5.92 Å². The van der Waals surface area contributed by atoms with Gasteiger partial charge in [0.1, 0.15) is 6.10 Å². The van der Waals surface area contributed by atoms with Crippen LogP contribution in [0.4, 0.5) is 0 Å². The van der Waals surface area contributed by atoms with Crippen molar-refractivity contribution in [3.8, 4) is 0 Å². The smallest absolute Gasteiger partial charge is 0.333 e. The van der Waals surface area contributed by atoms with Gasteiger partial charge in [-0.25, -0.2) is 4.79 Å². The Morgan fingerprint density at radius 1 is 1.20 bits per heavy atom. The zero-order chi connectivity index (χ0) is 15.3. The van der Waals surface area contributed by atoms with E-state index in [1.54, 1.807) is 6.92 Å². The summed E-state index contributed by atoms with van der Waals surface area (Å²) >= 11 is 0. The topological polar surface area (TPSA) is 63.6 Å². The summed E-state index contributed by atoms with van der Waals surface area (Å²) in [4.78, 5) is 23.3. The Bertz CT molecular complexity index is 384. The summed E-state index contributed by atoms with van der Waals surface area (Å²) in [6.45, 7) is 7.18. The second-order valence-corrected chi connectivity index (χ2v) is 6.70. The van der Waals surface area contributed by atoms with Crippen LogP contribution in [0.25, 0.3) is 0 Å². The van der Waals surface area contributed by atoms with Gasteiger partial charge in [-0.2, -0.15) is 0 Å². The number of rotatable bonds is 4. The third-order valence-corrected chi connectivity index (χ3v) is 3.76. The summed E-state index contributed by atoms with van der Waals surface area (Å²) in [5.74, 6) is -1.99. The SMILES string of the molecule is CC(=CC(C(=O)O)C(C)(C)C)C(=O)OC1CCCCC1. The lowest BCUT2D eigenvalue weighted by Crippen LogP contribution is -2.28. The molecule has 1 saturated carbocycles. The molecule has 1 aliphatic carbocycles. The maximum absolute atomic E-state index is 12.0. The molecule has 1 aliphatic rings. The number of aliphatic carboxylic acids is 1. The van der Waals surface area contributed by atoms with Gasteiger partial charge in [-0.15, -0.1) is 0 Å². The van der Waals surface area contributed by atoms with Gasteiger partial charge >= 0.3 is 11.9 Å². The van der Waals surface area contributed by atoms with Crippen molar-refractivity contribution < 1.29 is 19.4 Å². The van der Waals surface area contributed by atoms with Crippen LogP contribution in [0.2, 0.25) is 0 Å². The summed E-state index contributed by atoms with van der Waals surface area (Å²) < 4.78 is 5.45. The molecule has 1 rings (SSSR count). The van der Waals surface area contributed by atoms with Crippen molar-refractivity contribution in [3.05, 3.63) is 11.6 Å². The minimum Gasteiger partial charge on any atom is -0.481 e. The highest BCUT2D eigenvalue weighted by atomic mass is 16.5. The Morgan fingerprint density at radius 3 is 2.20 bits per heavy atom. The Morgan fingerprint density at radius 2 is 1.75 bits per heavy atom. The number of carbonyl (C=O) groups is 2. The average Bonchev–Trinajstić information content (AvgIpc) is 2.34. The average molecular weight is 282 g/mol. The van der Waals surface area contributed by atoms with Gasteiger partial charge in [-0.05, 0) is 38.0 Å². The van der Waals surface area contributed by atoms with Crippen LogP contribution in [0.1, 0.15) is 59.8 Å². The predicted molar refractivity (Wildman–Crippen MR) is 77.3 cm³/mol. The van der Waals surface area contributed by atoms with Crippen LogP contribution in [0.5, 0.6) is 0 Å². The number of carboxylic acid groups (broad SMARTS) is 1. The molecule has 0 aromatic carbocycles. The van der Waals surface area contributed by atoms with Gasteiger partial charge in [0.2, 0.25) is 0 Å². The number of carboxylic acids is 1. The maximum Gasteiger partial charge on any atom is 0.333 e. The summed E-state index contributed by atoms with van der Waals surface area (Å²) in [6.07, 6.45) is 6.75. The van der Waals surface area contributed by atoms with E-state index >= 15 is 0 Å². The Labute approximate surface area is 121 Å². The number of esters is 1. The molecule has 0 heterocycles. The van der Waals surface area contributed by atoms with Gasteiger partial charge in [0.25, 0.3) is 0 Å². The Kier molecular flexibility index (Phi) is 5.78.